The Bertz CT molecular complexity index is 599. The molecule has 2 rings (SSSR count). The van der Waals surface area contributed by atoms with Crippen LogP contribution in [0, 0.1) is 18.5 Å². The van der Waals surface area contributed by atoms with Gasteiger partial charge in [0, 0.05) is 16.0 Å². The molecule has 0 spiro atoms. The van der Waals surface area contributed by atoms with Gasteiger partial charge in [0.15, 0.2) is 5.75 Å². The van der Waals surface area contributed by atoms with E-state index in [2.05, 4.69) is 55.1 Å². The van der Waals surface area contributed by atoms with Crippen LogP contribution in [0.5, 0.6) is 11.8 Å². The summed E-state index contributed by atoms with van der Waals surface area (Å²) in [6.07, 6.45) is 3.30. The lowest BCUT2D eigenvalue weighted by atomic mass is 10.2. The molecule has 1 aromatic heterocycles. The maximum absolute atomic E-state index is 8.82. The van der Waals surface area contributed by atoms with Crippen molar-refractivity contribution in [3.8, 4) is 17.8 Å². The molecule has 0 atom stereocenters. The van der Waals surface area contributed by atoms with Gasteiger partial charge in [0.05, 0.1) is 20.9 Å². The number of nitriles is 1. The summed E-state index contributed by atoms with van der Waals surface area (Å²) < 4.78 is 7.19. The molecule has 7 heteroatoms. The first kappa shape index (κ1) is 13.3. The van der Waals surface area contributed by atoms with Crippen LogP contribution in [-0.4, -0.2) is 9.97 Å². The lowest BCUT2D eigenvalue weighted by Crippen LogP contribution is -1.98. The van der Waals surface area contributed by atoms with Crippen molar-refractivity contribution in [2.75, 3.05) is 5.73 Å². The fraction of sp³-hybridized carbons (Fsp3) is 0. The van der Waals surface area contributed by atoms with Crippen LogP contribution in [0.1, 0.15) is 5.56 Å². The third-order valence-electron chi connectivity index (χ3n) is 1.99. The van der Waals surface area contributed by atoms with Crippen LogP contribution in [0.25, 0.3) is 0 Å². The van der Waals surface area contributed by atoms with Gasteiger partial charge in [-0.2, -0.15) is 5.26 Å². The Balaban J connectivity index is 2.35. The number of rotatable bonds is 2. The largest absolute Gasteiger partial charge is 0.421 e. The van der Waals surface area contributed by atoms with Crippen molar-refractivity contribution in [1.29, 1.82) is 5.26 Å². The second-order valence-electron chi connectivity index (χ2n) is 3.27. The van der Waals surface area contributed by atoms with Crippen molar-refractivity contribution in [3.63, 3.8) is 0 Å². The zero-order chi connectivity index (χ0) is 13.1. The van der Waals surface area contributed by atoms with Crippen LogP contribution in [0.4, 0.5) is 5.69 Å². The molecule has 0 amide bonds. The first-order valence-electron chi connectivity index (χ1n) is 4.74. The summed E-state index contributed by atoms with van der Waals surface area (Å²) in [7, 11) is 0. The van der Waals surface area contributed by atoms with E-state index in [0.717, 1.165) is 7.14 Å². The van der Waals surface area contributed by atoms with Gasteiger partial charge in [0.2, 0.25) is 0 Å². The van der Waals surface area contributed by atoms with Gasteiger partial charge in [-0.25, -0.2) is 9.97 Å². The number of aromatic nitrogens is 2. The number of hydrogen-bond acceptors (Lipinski definition) is 5. The summed E-state index contributed by atoms with van der Waals surface area (Å²) in [6.45, 7) is 0. The van der Waals surface area contributed by atoms with E-state index in [1.54, 1.807) is 24.5 Å². The number of nitrogens with zero attached hydrogens (tertiary/aromatic N) is 3. The van der Waals surface area contributed by atoms with E-state index in [9.17, 15) is 0 Å². The smallest absolute Gasteiger partial charge is 0.322 e. The highest BCUT2D eigenvalue weighted by atomic mass is 127. The Morgan fingerprint density at radius 3 is 2.44 bits per heavy atom. The second kappa shape index (κ2) is 5.66. The highest BCUT2D eigenvalue weighted by Gasteiger charge is 2.11. The molecule has 0 bridgehead atoms. The van der Waals surface area contributed by atoms with E-state index in [1.807, 2.05) is 6.07 Å². The number of benzene rings is 1. The van der Waals surface area contributed by atoms with Crippen LogP contribution >= 0.6 is 45.2 Å². The molecule has 0 unspecified atom stereocenters. The van der Waals surface area contributed by atoms with Crippen LogP contribution < -0.4 is 10.5 Å². The second-order valence-corrected chi connectivity index (χ2v) is 5.68. The standard InChI is InChI=1S/C11H6I2N4O/c12-7-4-16-11(17-5-7)18-10-8(13)1-6(3-14)2-9(10)15/h1-2,4-5H,15H2. The molecule has 0 fully saturated rings. The van der Waals surface area contributed by atoms with Crippen LogP contribution in [0.3, 0.4) is 0 Å². The SMILES string of the molecule is N#Cc1cc(N)c(Oc2ncc(I)cn2)c(I)c1. The van der Waals surface area contributed by atoms with E-state index >= 15 is 0 Å². The Labute approximate surface area is 131 Å². The van der Waals surface area contributed by atoms with Crippen LogP contribution in [0.15, 0.2) is 24.5 Å². The predicted octanol–water partition coefficient (Wildman–Crippen LogP) is 2.93. The van der Waals surface area contributed by atoms with Gasteiger partial charge in [-0.3, -0.25) is 0 Å². The Morgan fingerprint density at radius 2 is 1.89 bits per heavy atom. The summed E-state index contributed by atoms with van der Waals surface area (Å²) in [5.41, 5.74) is 6.72. The lowest BCUT2D eigenvalue weighted by molar-refractivity contribution is 0.440. The van der Waals surface area contributed by atoms with Gasteiger partial charge in [-0.1, -0.05) is 0 Å². The molecule has 0 aliphatic carbocycles. The summed E-state index contributed by atoms with van der Waals surface area (Å²) in [5, 5.41) is 8.82. The highest BCUT2D eigenvalue weighted by molar-refractivity contribution is 14.1. The highest BCUT2D eigenvalue weighted by Crippen LogP contribution is 2.32. The summed E-state index contributed by atoms with van der Waals surface area (Å²) in [4.78, 5) is 8.07. The van der Waals surface area contributed by atoms with Crippen molar-refractivity contribution in [3.05, 3.63) is 37.2 Å². The molecule has 0 saturated carbocycles. The maximum atomic E-state index is 8.82. The zero-order valence-corrected chi connectivity index (χ0v) is 13.2. The molecule has 0 radical (unpaired) electrons. The molecule has 0 aliphatic heterocycles. The van der Waals surface area contributed by atoms with E-state index in [4.69, 9.17) is 15.7 Å². The molecule has 2 aromatic rings. The average molecular weight is 464 g/mol. The van der Waals surface area contributed by atoms with Crippen molar-refractivity contribution in [2.24, 2.45) is 0 Å². The first-order chi connectivity index (χ1) is 8.60. The minimum Gasteiger partial charge on any atom is -0.421 e. The number of nitrogens with two attached hydrogens (primary N) is 1. The summed E-state index contributed by atoms with van der Waals surface area (Å²) in [5.74, 6) is 0.468. The predicted molar refractivity (Wildman–Crippen MR) is 83.1 cm³/mol. The van der Waals surface area contributed by atoms with Gasteiger partial charge in [-0.15, -0.1) is 0 Å². The normalized spacial score (nSPS) is 9.83. The van der Waals surface area contributed by atoms with E-state index in [1.165, 1.54) is 0 Å². The van der Waals surface area contributed by atoms with Gasteiger partial charge in [-0.05, 0) is 57.3 Å². The molecule has 0 saturated heterocycles. The third kappa shape index (κ3) is 2.99. The van der Waals surface area contributed by atoms with E-state index < -0.39 is 0 Å². The topological polar surface area (TPSA) is 84.8 Å². The Morgan fingerprint density at radius 1 is 1.22 bits per heavy atom. The minimum atomic E-state index is 0.227. The Hall–Kier alpha value is -1.15. The zero-order valence-electron chi connectivity index (χ0n) is 8.89. The van der Waals surface area contributed by atoms with E-state index in [0.29, 0.717) is 17.0 Å². The molecular weight excluding hydrogens is 458 g/mol. The maximum Gasteiger partial charge on any atom is 0.322 e. The molecule has 90 valence electrons. The van der Waals surface area contributed by atoms with Gasteiger partial charge >= 0.3 is 6.01 Å². The van der Waals surface area contributed by atoms with Gasteiger partial charge < -0.3 is 10.5 Å². The van der Waals surface area contributed by atoms with Crippen molar-refractivity contribution < 1.29 is 4.74 Å². The molecule has 1 aromatic carbocycles. The molecule has 0 aliphatic rings. The van der Waals surface area contributed by atoms with Gasteiger partial charge in [0.1, 0.15) is 0 Å². The molecule has 1 heterocycles. The molecule has 18 heavy (non-hydrogen) atoms. The van der Waals surface area contributed by atoms with Crippen molar-refractivity contribution >= 4 is 50.9 Å². The average Bonchev–Trinajstić information content (AvgIpc) is 2.35. The van der Waals surface area contributed by atoms with Crippen LogP contribution in [0.2, 0.25) is 0 Å². The number of nitrogen functional groups attached to an aromatic ring is 1. The lowest BCUT2D eigenvalue weighted by Gasteiger charge is -2.09. The Kier molecular flexibility index (Phi) is 4.18. The molecule has 2 N–H and O–H groups in total. The number of anilines is 1. The van der Waals surface area contributed by atoms with Gasteiger partial charge in [0.25, 0.3) is 0 Å². The number of hydrogen-bond donors (Lipinski definition) is 1. The van der Waals surface area contributed by atoms with Crippen LogP contribution in [-0.2, 0) is 0 Å². The van der Waals surface area contributed by atoms with Crippen molar-refractivity contribution in [1.82, 2.24) is 9.97 Å². The fourth-order valence-electron chi connectivity index (χ4n) is 1.23. The summed E-state index contributed by atoms with van der Waals surface area (Å²) in [6, 6.07) is 5.51. The molecule has 5 nitrogen and oxygen atoms in total. The molecular formula is C11H6I2N4O. The summed E-state index contributed by atoms with van der Waals surface area (Å²) >= 11 is 4.16. The fourth-order valence-corrected chi connectivity index (χ4v) is 2.27. The number of halogens is 2. The third-order valence-corrected chi connectivity index (χ3v) is 3.35. The number of ether oxygens (including phenoxy) is 1. The van der Waals surface area contributed by atoms with Crippen molar-refractivity contribution in [2.45, 2.75) is 0 Å². The monoisotopic (exact) mass is 464 g/mol. The van der Waals surface area contributed by atoms with E-state index in [-0.39, 0.29) is 6.01 Å². The quantitative estimate of drug-likeness (QED) is 0.546. The first-order valence-corrected chi connectivity index (χ1v) is 6.90. The minimum absolute atomic E-state index is 0.227.